The number of hydrogen-bond donors (Lipinski definition) is 2. The molecule has 0 spiro atoms. The second-order valence-corrected chi connectivity index (χ2v) is 7.19. The lowest BCUT2D eigenvalue weighted by atomic mass is 10.4. The first-order chi connectivity index (χ1) is 8.83. The van der Waals surface area contributed by atoms with E-state index >= 15 is 0 Å². The molecule has 2 N–H and O–H groups in total. The smallest absolute Gasteiger partial charge is 0.263 e. The number of aliphatic hydroxyl groups is 1. The van der Waals surface area contributed by atoms with Crippen molar-refractivity contribution in [3.05, 3.63) is 27.7 Å². The van der Waals surface area contributed by atoms with Gasteiger partial charge in [0.25, 0.3) is 10.0 Å². The van der Waals surface area contributed by atoms with E-state index in [1.165, 1.54) is 17.4 Å². The van der Waals surface area contributed by atoms with Gasteiger partial charge in [0.1, 0.15) is 4.90 Å². The molecule has 0 amide bonds. The molecule has 2 heterocycles. The van der Waals surface area contributed by atoms with Crippen molar-refractivity contribution in [1.29, 1.82) is 0 Å². The van der Waals surface area contributed by atoms with Gasteiger partial charge in [0.05, 0.1) is 18.0 Å². The monoisotopic (exact) mass is 301 g/mol. The summed E-state index contributed by atoms with van der Waals surface area (Å²) in [6.45, 7) is 3.29. The van der Waals surface area contributed by atoms with E-state index in [9.17, 15) is 8.42 Å². The first-order valence-electron chi connectivity index (χ1n) is 5.56. The summed E-state index contributed by atoms with van der Waals surface area (Å²) >= 11 is 1.27. The van der Waals surface area contributed by atoms with Gasteiger partial charge in [-0.2, -0.15) is 5.10 Å². The summed E-state index contributed by atoms with van der Waals surface area (Å²) in [7, 11) is -1.92. The van der Waals surface area contributed by atoms with Crippen molar-refractivity contribution >= 4 is 27.0 Å². The lowest BCUT2D eigenvalue weighted by Crippen LogP contribution is -2.13. The van der Waals surface area contributed by atoms with Crippen molar-refractivity contribution in [2.24, 2.45) is 7.05 Å². The number of nitrogens with zero attached hydrogens (tertiary/aromatic N) is 2. The van der Waals surface area contributed by atoms with E-state index in [-0.39, 0.29) is 11.5 Å². The van der Waals surface area contributed by atoms with Gasteiger partial charge in [-0.05, 0) is 19.9 Å². The zero-order valence-electron chi connectivity index (χ0n) is 10.8. The summed E-state index contributed by atoms with van der Waals surface area (Å²) in [6.07, 6.45) is 1.61. The number of sulfonamides is 1. The van der Waals surface area contributed by atoms with E-state index in [2.05, 4.69) is 9.82 Å². The van der Waals surface area contributed by atoms with E-state index < -0.39 is 10.0 Å². The summed E-state index contributed by atoms with van der Waals surface area (Å²) in [5, 5.41) is 13.1. The van der Waals surface area contributed by atoms with Crippen LogP contribution >= 0.6 is 11.3 Å². The quantitative estimate of drug-likeness (QED) is 0.894. The molecule has 2 aromatic rings. The molecule has 0 fully saturated rings. The van der Waals surface area contributed by atoms with E-state index in [4.69, 9.17) is 5.11 Å². The van der Waals surface area contributed by atoms with Crippen LogP contribution in [0.15, 0.2) is 17.2 Å². The molecule has 2 rings (SSSR count). The SMILES string of the molecule is Cc1nn(C)cc1NS(=O)(=O)c1cc(CO)sc1C. The van der Waals surface area contributed by atoms with Crippen LogP contribution < -0.4 is 4.72 Å². The van der Waals surface area contributed by atoms with Gasteiger partial charge in [-0.15, -0.1) is 11.3 Å². The maximum absolute atomic E-state index is 12.3. The highest BCUT2D eigenvalue weighted by atomic mass is 32.2. The van der Waals surface area contributed by atoms with Gasteiger partial charge in [-0.1, -0.05) is 0 Å². The first-order valence-corrected chi connectivity index (χ1v) is 7.86. The molecular formula is C11H15N3O3S2. The zero-order valence-corrected chi connectivity index (χ0v) is 12.5. The van der Waals surface area contributed by atoms with Crippen molar-refractivity contribution in [1.82, 2.24) is 9.78 Å². The van der Waals surface area contributed by atoms with Crippen LogP contribution in [0.4, 0.5) is 5.69 Å². The second-order valence-electron chi connectivity index (χ2n) is 4.20. The third kappa shape index (κ3) is 2.80. The maximum atomic E-state index is 12.3. The molecule has 19 heavy (non-hydrogen) atoms. The highest BCUT2D eigenvalue weighted by Gasteiger charge is 2.21. The lowest BCUT2D eigenvalue weighted by Gasteiger charge is -2.05. The number of aryl methyl sites for hydroxylation is 3. The van der Waals surface area contributed by atoms with E-state index in [1.54, 1.807) is 31.8 Å². The molecule has 0 aliphatic carbocycles. The van der Waals surface area contributed by atoms with Gasteiger partial charge in [0, 0.05) is 23.0 Å². The molecule has 0 aromatic carbocycles. The van der Waals surface area contributed by atoms with Crippen molar-refractivity contribution in [2.75, 3.05) is 4.72 Å². The summed E-state index contributed by atoms with van der Waals surface area (Å²) in [5.74, 6) is 0. The summed E-state index contributed by atoms with van der Waals surface area (Å²) in [4.78, 5) is 1.48. The van der Waals surface area contributed by atoms with Crippen LogP contribution in [0.3, 0.4) is 0 Å². The summed E-state index contributed by atoms with van der Waals surface area (Å²) < 4.78 is 28.6. The molecule has 0 aliphatic heterocycles. The molecule has 0 atom stereocenters. The molecule has 8 heteroatoms. The van der Waals surface area contributed by atoms with Crippen molar-refractivity contribution in [2.45, 2.75) is 25.3 Å². The standard InChI is InChI=1S/C11H15N3O3S2/c1-7-10(5-14(3)12-7)13-19(16,17)11-4-9(6-15)18-8(11)2/h4-5,13,15H,6H2,1-3H3. The molecule has 0 saturated carbocycles. The minimum absolute atomic E-state index is 0.160. The van der Waals surface area contributed by atoms with Crippen molar-refractivity contribution in [3.63, 3.8) is 0 Å². The number of thiophene rings is 1. The van der Waals surface area contributed by atoms with E-state index in [1.807, 2.05) is 0 Å². The summed E-state index contributed by atoms with van der Waals surface area (Å²) in [6, 6.07) is 1.49. The number of aromatic nitrogens is 2. The number of anilines is 1. The number of aliphatic hydroxyl groups excluding tert-OH is 1. The number of nitrogens with one attached hydrogen (secondary N) is 1. The van der Waals surface area contributed by atoms with Gasteiger partial charge < -0.3 is 5.11 Å². The Hall–Kier alpha value is -1.38. The van der Waals surface area contributed by atoms with Crippen molar-refractivity contribution in [3.8, 4) is 0 Å². The Morgan fingerprint density at radius 1 is 1.47 bits per heavy atom. The topological polar surface area (TPSA) is 84.2 Å². The highest BCUT2D eigenvalue weighted by molar-refractivity contribution is 7.93. The van der Waals surface area contributed by atoms with Crippen LogP contribution in [0, 0.1) is 13.8 Å². The number of rotatable bonds is 4. The Labute approximate surface area is 115 Å². The molecular weight excluding hydrogens is 286 g/mol. The minimum Gasteiger partial charge on any atom is -0.391 e. The van der Waals surface area contributed by atoms with Crippen LogP contribution in [0.5, 0.6) is 0 Å². The molecule has 0 radical (unpaired) electrons. The van der Waals surface area contributed by atoms with Gasteiger partial charge >= 0.3 is 0 Å². The Morgan fingerprint density at radius 2 is 2.16 bits per heavy atom. The Balaban J connectivity index is 2.37. The zero-order chi connectivity index (χ0) is 14.2. The fraction of sp³-hybridized carbons (Fsp3) is 0.364. The average Bonchev–Trinajstić information content (AvgIpc) is 2.82. The third-order valence-electron chi connectivity index (χ3n) is 2.63. The third-order valence-corrected chi connectivity index (χ3v) is 5.28. The molecule has 0 saturated heterocycles. The largest absolute Gasteiger partial charge is 0.391 e. The minimum atomic E-state index is -3.65. The molecule has 0 aliphatic rings. The average molecular weight is 301 g/mol. The van der Waals surface area contributed by atoms with Gasteiger partial charge in [-0.3, -0.25) is 9.40 Å². The Bertz CT molecular complexity index is 701. The van der Waals surface area contributed by atoms with Gasteiger partial charge in [0.2, 0.25) is 0 Å². The Kier molecular flexibility index (Phi) is 3.66. The fourth-order valence-corrected chi connectivity index (χ4v) is 4.37. The predicted octanol–water partition coefficient (Wildman–Crippen LogP) is 1.39. The highest BCUT2D eigenvalue weighted by Crippen LogP contribution is 2.27. The molecule has 0 unspecified atom stereocenters. The fourth-order valence-electron chi connectivity index (χ4n) is 1.77. The lowest BCUT2D eigenvalue weighted by molar-refractivity contribution is 0.285. The van der Waals surface area contributed by atoms with E-state index in [0.717, 1.165) is 0 Å². The second kappa shape index (κ2) is 4.95. The summed E-state index contributed by atoms with van der Waals surface area (Å²) in [5.41, 5.74) is 1.07. The van der Waals surface area contributed by atoms with Crippen LogP contribution in [0.25, 0.3) is 0 Å². The van der Waals surface area contributed by atoms with Crippen LogP contribution in [0.1, 0.15) is 15.4 Å². The molecule has 6 nitrogen and oxygen atoms in total. The molecule has 104 valence electrons. The number of hydrogen-bond acceptors (Lipinski definition) is 5. The normalized spacial score (nSPS) is 11.8. The van der Waals surface area contributed by atoms with Crippen molar-refractivity contribution < 1.29 is 13.5 Å². The first kappa shape index (κ1) is 14.0. The predicted molar refractivity (Wildman–Crippen MR) is 73.7 cm³/mol. The van der Waals surface area contributed by atoms with E-state index in [0.29, 0.717) is 21.1 Å². The van der Waals surface area contributed by atoms with Gasteiger partial charge in [0.15, 0.2) is 0 Å². The van der Waals surface area contributed by atoms with Crippen LogP contribution in [0.2, 0.25) is 0 Å². The Morgan fingerprint density at radius 3 is 2.63 bits per heavy atom. The maximum Gasteiger partial charge on any atom is 0.263 e. The molecule has 0 bridgehead atoms. The van der Waals surface area contributed by atoms with Crippen LogP contribution in [-0.4, -0.2) is 23.3 Å². The molecule has 2 aromatic heterocycles. The van der Waals surface area contributed by atoms with Gasteiger partial charge in [-0.25, -0.2) is 8.42 Å². The van der Waals surface area contributed by atoms with Crippen LogP contribution in [-0.2, 0) is 23.7 Å².